The van der Waals surface area contributed by atoms with Gasteiger partial charge in [0.05, 0.1) is 6.20 Å². The van der Waals surface area contributed by atoms with Crippen LogP contribution in [0.25, 0.3) is 0 Å². The van der Waals surface area contributed by atoms with Crippen LogP contribution in [-0.4, -0.2) is 61.9 Å². The highest BCUT2D eigenvalue weighted by atomic mass is 35.5. The van der Waals surface area contributed by atoms with Crippen LogP contribution in [0.5, 0.6) is 0 Å². The molecule has 0 fully saturated rings. The van der Waals surface area contributed by atoms with E-state index >= 15 is 0 Å². The SMILES string of the molecule is CCN(C(=O)CCN(CCCC(F)(F)F)SC)C1=C[N+](c2cccnc2)=C1Cl. The van der Waals surface area contributed by atoms with E-state index in [-0.39, 0.29) is 25.3 Å². The van der Waals surface area contributed by atoms with Crippen molar-refractivity contribution in [1.29, 1.82) is 0 Å². The normalized spacial score (nSPS) is 14.2. The van der Waals surface area contributed by atoms with Crippen LogP contribution >= 0.6 is 23.5 Å². The van der Waals surface area contributed by atoms with Crippen LogP contribution in [0.4, 0.5) is 18.9 Å². The fraction of sp³-hybridized carbons (Fsp3) is 0.500. The van der Waals surface area contributed by atoms with Crippen LogP contribution < -0.4 is 0 Å². The van der Waals surface area contributed by atoms with E-state index in [1.165, 1.54) is 11.9 Å². The van der Waals surface area contributed by atoms with E-state index in [0.717, 1.165) is 5.69 Å². The van der Waals surface area contributed by atoms with Gasteiger partial charge in [0.1, 0.15) is 0 Å². The molecular weight excluding hydrogens is 413 g/mol. The molecule has 0 aliphatic carbocycles. The first-order valence-electron chi connectivity index (χ1n) is 8.87. The maximum absolute atomic E-state index is 12.6. The van der Waals surface area contributed by atoms with E-state index in [0.29, 0.717) is 24.0 Å². The lowest BCUT2D eigenvalue weighted by atomic mass is 10.2. The molecule has 1 amide bonds. The first-order valence-corrected chi connectivity index (χ1v) is 10.4. The first-order chi connectivity index (χ1) is 13.3. The fourth-order valence-corrected chi connectivity index (χ4v) is 3.62. The first kappa shape index (κ1) is 22.7. The van der Waals surface area contributed by atoms with Crippen molar-refractivity contribution in [3.63, 3.8) is 0 Å². The lowest BCUT2D eigenvalue weighted by Crippen LogP contribution is -2.39. The second-order valence-electron chi connectivity index (χ2n) is 6.10. The number of allylic oxidation sites excluding steroid dienone is 1. The minimum absolute atomic E-state index is 0.0147. The van der Waals surface area contributed by atoms with E-state index in [1.54, 1.807) is 44.7 Å². The maximum Gasteiger partial charge on any atom is 0.389 e. The molecule has 2 heterocycles. The second kappa shape index (κ2) is 10.3. The molecule has 0 spiro atoms. The minimum atomic E-state index is -4.15. The second-order valence-corrected chi connectivity index (χ2v) is 7.34. The molecule has 10 heteroatoms. The smallest absolute Gasteiger partial charge is 0.301 e. The Hall–Kier alpha value is -1.58. The molecule has 0 saturated carbocycles. The zero-order valence-electron chi connectivity index (χ0n) is 15.7. The van der Waals surface area contributed by atoms with Crippen LogP contribution in [0.15, 0.2) is 36.4 Å². The standard InChI is InChI=1S/C18H23ClF3N4OS/c1-3-25(15-13-26(17(15)19)14-6-4-9-23-12-14)16(27)7-11-24(28-2)10-5-8-18(20,21)22/h4,6,9,12-13H,3,5,7-8,10-11H2,1-2H3/q+1. The average molecular weight is 436 g/mol. The van der Waals surface area contributed by atoms with E-state index < -0.39 is 12.6 Å². The Kier molecular flexibility index (Phi) is 8.33. The van der Waals surface area contributed by atoms with Gasteiger partial charge in [-0.1, -0.05) is 11.9 Å². The Labute approximate surface area is 172 Å². The minimum Gasteiger partial charge on any atom is -0.301 e. The number of aromatic nitrogens is 1. The third kappa shape index (κ3) is 6.22. The number of alkyl halides is 3. The van der Waals surface area contributed by atoms with Gasteiger partial charge < -0.3 is 4.90 Å². The lowest BCUT2D eigenvalue weighted by Gasteiger charge is -2.26. The topological polar surface area (TPSA) is 39.5 Å². The maximum atomic E-state index is 12.6. The number of carbonyl (C=O) groups is 1. The Morgan fingerprint density at radius 3 is 2.64 bits per heavy atom. The van der Waals surface area contributed by atoms with Crippen LogP contribution in [0.1, 0.15) is 26.2 Å². The molecule has 0 bridgehead atoms. The number of carbonyl (C=O) groups excluding carboxylic acids is 1. The number of pyridine rings is 1. The molecule has 154 valence electrons. The Morgan fingerprint density at radius 2 is 2.11 bits per heavy atom. The molecule has 1 aliphatic rings. The summed E-state index contributed by atoms with van der Waals surface area (Å²) in [6, 6.07) is 3.65. The summed E-state index contributed by atoms with van der Waals surface area (Å²) in [6.45, 7) is 2.97. The predicted octanol–water partition coefficient (Wildman–Crippen LogP) is 4.38. The summed E-state index contributed by atoms with van der Waals surface area (Å²) in [5.41, 5.74) is 1.43. The molecule has 1 aliphatic heterocycles. The van der Waals surface area contributed by atoms with Gasteiger partial charge in [-0.3, -0.25) is 14.1 Å². The fourth-order valence-electron chi connectivity index (χ4n) is 2.74. The Bertz CT molecular complexity index is 740. The van der Waals surface area contributed by atoms with Gasteiger partial charge in [0, 0.05) is 44.7 Å². The number of hydrogen-bond acceptors (Lipinski definition) is 4. The van der Waals surface area contributed by atoms with Crippen molar-refractivity contribution < 1.29 is 22.5 Å². The predicted molar refractivity (Wildman–Crippen MR) is 105 cm³/mol. The summed E-state index contributed by atoms with van der Waals surface area (Å²) in [5.74, 6) is -0.118. The van der Waals surface area contributed by atoms with Gasteiger partial charge in [-0.25, -0.2) is 0 Å². The number of hydrogen-bond donors (Lipinski definition) is 0. The van der Waals surface area contributed by atoms with Crippen molar-refractivity contribution in [2.75, 3.05) is 25.9 Å². The third-order valence-electron chi connectivity index (χ3n) is 4.21. The van der Waals surface area contributed by atoms with E-state index in [2.05, 4.69) is 4.98 Å². The van der Waals surface area contributed by atoms with Crippen molar-refractivity contribution in [3.05, 3.63) is 36.4 Å². The quantitative estimate of drug-likeness (QED) is 0.404. The highest BCUT2D eigenvalue weighted by Gasteiger charge is 2.36. The number of halogens is 4. The summed E-state index contributed by atoms with van der Waals surface area (Å²) < 4.78 is 40.4. The zero-order valence-corrected chi connectivity index (χ0v) is 17.3. The molecule has 2 rings (SSSR count). The van der Waals surface area contributed by atoms with E-state index in [1.807, 2.05) is 13.0 Å². The molecule has 0 radical (unpaired) electrons. The summed E-state index contributed by atoms with van der Waals surface area (Å²) in [5, 5.41) is 0.440. The van der Waals surface area contributed by atoms with Gasteiger partial charge in [0.15, 0.2) is 5.70 Å². The molecule has 28 heavy (non-hydrogen) atoms. The van der Waals surface area contributed by atoms with Crippen LogP contribution in [-0.2, 0) is 4.79 Å². The van der Waals surface area contributed by atoms with Crippen molar-refractivity contribution in [2.45, 2.75) is 32.4 Å². The highest BCUT2D eigenvalue weighted by Crippen LogP contribution is 2.26. The number of nitrogens with zero attached hydrogens (tertiary/aromatic N) is 4. The van der Waals surface area contributed by atoms with Crippen molar-refractivity contribution in [3.8, 4) is 0 Å². The number of rotatable bonds is 10. The molecule has 0 unspecified atom stereocenters. The van der Waals surface area contributed by atoms with Crippen LogP contribution in [0, 0.1) is 0 Å². The summed E-state index contributed by atoms with van der Waals surface area (Å²) in [7, 11) is 0. The summed E-state index contributed by atoms with van der Waals surface area (Å²) in [6.07, 6.45) is 2.15. The van der Waals surface area contributed by atoms with Gasteiger partial charge in [-0.15, -0.1) is 4.58 Å². The molecule has 1 aromatic heterocycles. The molecule has 0 N–H and O–H groups in total. The molecule has 0 atom stereocenters. The molecular formula is C18H23ClF3N4OS+. The van der Waals surface area contributed by atoms with Gasteiger partial charge in [0.2, 0.25) is 17.8 Å². The van der Waals surface area contributed by atoms with Crippen molar-refractivity contribution in [2.24, 2.45) is 0 Å². The summed E-state index contributed by atoms with van der Waals surface area (Å²) >= 11 is 7.71. The molecule has 0 aromatic carbocycles. The Morgan fingerprint density at radius 1 is 1.36 bits per heavy atom. The van der Waals surface area contributed by atoms with Gasteiger partial charge in [-0.05, 0) is 37.3 Å². The van der Waals surface area contributed by atoms with Crippen LogP contribution in [0.2, 0.25) is 0 Å². The van der Waals surface area contributed by atoms with Gasteiger partial charge in [-0.2, -0.15) is 13.2 Å². The third-order valence-corrected chi connectivity index (χ3v) is 5.46. The Balaban J connectivity index is 1.88. The summed E-state index contributed by atoms with van der Waals surface area (Å²) in [4.78, 5) is 18.2. The number of amides is 1. The molecule has 5 nitrogen and oxygen atoms in total. The van der Waals surface area contributed by atoms with Crippen LogP contribution in [0.3, 0.4) is 0 Å². The van der Waals surface area contributed by atoms with Crippen molar-refractivity contribution in [1.82, 2.24) is 14.2 Å². The van der Waals surface area contributed by atoms with Crippen molar-refractivity contribution >= 4 is 40.3 Å². The van der Waals surface area contributed by atoms with E-state index in [4.69, 9.17) is 11.6 Å². The molecule has 1 aromatic rings. The average Bonchev–Trinajstić information content (AvgIpc) is 2.66. The van der Waals surface area contributed by atoms with E-state index in [9.17, 15) is 18.0 Å². The lowest BCUT2D eigenvalue weighted by molar-refractivity contribution is -0.373. The molecule has 0 saturated heterocycles. The monoisotopic (exact) mass is 435 g/mol. The zero-order chi connectivity index (χ0) is 20.7. The van der Waals surface area contributed by atoms with Gasteiger partial charge in [0.25, 0.3) is 0 Å². The largest absolute Gasteiger partial charge is 0.389 e. The highest BCUT2D eigenvalue weighted by molar-refractivity contribution is 7.96. The van der Waals surface area contributed by atoms with Gasteiger partial charge >= 0.3 is 11.3 Å².